The van der Waals surface area contributed by atoms with Crippen molar-refractivity contribution in [3.05, 3.63) is 0 Å². The van der Waals surface area contributed by atoms with Crippen LogP contribution in [0.1, 0.15) is 32.6 Å². The number of fused-ring (bicyclic) bond motifs is 1. The van der Waals surface area contributed by atoms with Gasteiger partial charge in [-0.05, 0) is 32.2 Å². The Balaban J connectivity index is 1.61. The third kappa shape index (κ3) is 3.31. The zero-order chi connectivity index (χ0) is 17.4. The van der Waals surface area contributed by atoms with Crippen molar-refractivity contribution in [3.8, 4) is 0 Å². The van der Waals surface area contributed by atoms with Crippen LogP contribution >= 0.6 is 0 Å². The monoisotopic (exact) mass is 357 g/mol. The molecule has 136 valence electrons. The van der Waals surface area contributed by atoms with E-state index in [1.165, 1.54) is 0 Å². The maximum absolute atomic E-state index is 12.9. The molecule has 0 aromatic rings. The number of amides is 2. The fourth-order valence-electron chi connectivity index (χ4n) is 4.30. The minimum atomic E-state index is -3.02. The molecular weight excluding hydrogens is 330 g/mol. The maximum atomic E-state index is 12.9. The van der Waals surface area contributed by atoms with Gasteiger partial charge in [-0.15, -0.1) is 0 Å². The van der Waals surface area contributed by atoms with Crippen LogP contribution in [0.3, 0.4) is 0 Å². The van der Waals surface area contributed by atoms with Crippen molar-refractivity contribution < 1.29 is 18.0 Å². The largest absolute Gasteiger partial charge is 0.344 e. The number of hydrogen-bond donors (Lipinski definition) is 2. The lowest BCUT2D eigenvalue weighted by molar-refractivity contribution is -0.140. The van der Waals surface area contributed by atoms with E-state index >= 15 is 0 Å². The first kappa shape index (κ1) is 17.7. The van der Waals surface area contributed by atoms with Crippen molar-refractivity contribution in [1.82, 2.24) is 15.5 Å². The van der Waals surface area contributed by atoms with E-state index in [0.29, 0.717) is 12.5 Å². The third-order valence-electron chi connectivity index (χ3n) is 5.86. The number of rotatable bonds is 3. The van der Waals surface area contributed by atoms with Gasteiger partial charge in [0.2, 0.25) is 11.8 Å². The topological polar surface area (TPSA) is 95.6 Å². The molecule has 0 aromatic heterocycles. The lowest BCUT2D eigenvalue weighted by atomic mass is 9.67. The highest BCUT2D eigenvalue weighted by molar-refractivity contribution is 7.91. The molecule has 3 fully saturated rings. The molecular formula is C16H27N3O4S. The summed E-state index contributed by atoms with van der Waals surface area (Å²) in [5, 5.41) is 6.25. The van der Waals surface area contributed by atoms with E-state index in [1.54, 1.807) is 11.8 Å². The van der Waals surface area contributed by atoms with E-state index in [1.807, 2.05) is 0 Å². The summed E-state index contributed by atoms with van der Waals surface area (Å²) in [5.74, 6) is 0.161. The second kappa shape index (κ2) is 6.63. The summed E-state index contributed by atoms with van der Waals surface area (Å²) >= 11 is 0. The first-order chi connectivity index (χ1) is 11.3. The second-order valence-electron chi connectivity index (χ2n) is 7.40. The Bertz CT molecular complexity index is 607. The van der Waals surface area contributed by atoms with Crippen LogP contribution in [0.4, 0.5) is 0 Å². The van der Waals surface area contributed by atoms with Gasteiger partial charge in [0.05, 0.1) is 16.9 Å². The van der Waals surface area contributed by atoms with Crippen molar-refractivity contribution >= 4 is 21.7 Å². The molecule has 3 atom stereocenters. The quantitative estimate of drug-likeness (QED) is 0.712. The Morgan fingerprint density at radius 3 is 2.67 bits per heavy atom. The molecule has 24 heavy (non-hydrogen) atoms. The van der Waals surface area contributed by atoms with E-state index in [0.717, 1.165) is 32.2 Å². The van der Waals surface area contributed by atoms with Crippen LogP contribution in [0.5, 0.6) is 0 Å². The Morgan fingerprint density at radius 1 is 1.25 bits per heavy atom. The summed E-state index contributed by atoms with van der Waals surface area (Å²) < 4.78 is 23.0. The minimum absolute atomic E-state index is 0.00926. The van der Waals surface area contributed by atoms with Crippen molar-refractivity contribution in [1.29, 1.82) is 0 Å². The van der Waals surface area contributed by atoms with Gasteiger partial charge in [-0.2, -0.15) is 0 Å². The lowest BCUT2D eigenvalue weighted by Crippen LogP contribution is -2.56. The van der Waals surface area contributed by atoms with E-state index in [2.05, 4.69) is 10.6 Å². The van der Waals surface area contributed by atoms with E-state index in [9.17, 15) is 18.0 Å². The number of hydrogen-bond acceptors (Lipinski definition) is 5. The van der Waals surface area contributed by atoms with Crippen LogP contribution < -0.4 is 10.6 Å². The minimum Gasteiger partial charge on any atom is -0.344 e. The molecule has 0 radical (unpaired) electrons. The highest BCUT2D eigenvalue weighted by Gasteiger charge is 2.50. The standard InChI is InChI=1S/C16H27N3O4S/c1-12(14(20)19-6-8-24(22,23)9-7-19)18-15(21)16-5-3-2-4-13(16)10-17-11-16/h12-13,17H,2-11H2,1H3,(H,18,21)/t12?,13-,16+/m0/s1. The molecule has 0 spiro atoms. The molecule has 2 N–H and O–H groups in total. The molecule has 2 amide bonds. The number of nitrogens with one attached hydrogen (secondary N) is 2. The van der Waals surface area contributed by atoms with E-state index in [-0.39, 0.29) is 41.8 Å². The maximum Gasteiger partial charge on any atom is 0.244 e. The van der Waals surface area contributed by atoms with Gasteiger partial charge in [0.15, 0.2) is 9.84 Å². The Morgan fingerprint density at radius 2 is 1.96 bits per heavy atom. The number of sulfone groups is 1. The Kier molecular flexibility index (Phi) is 4.88. The Labute approximate surface area is 143 Å². The summed E-state index contributed by atoms with van der Waals surface area (Å²) in [6.45, 7) is 3.69. The van der Waals surface area contributed by atoms with Crippen LogP contribution in [0.2, 0.25) is 0 Å². The number of nitrogens with zero attached hydrogens (tertiary/aromatic N) is 1. The summed E-state index contributed by atoms with van der Waals surface area (Å²) in [6, 6.07) is -0.615. The van der Waals surface area contributed by atoms with Gasteiger partial charge in [-0.1, -0.05) is 12.8 Å². The normalized spacial score (nSPS) is 33.5. The summed E-state index contributed by atoms with van der Waals surface area (Å²) in [5.41, 5.74) is -0.377. The van der Waals surface area contributed by atoms with Crippen LogP contribution in [-0.2, 0) is 19.4 Å². The zero-order valence-corrected chi connectivity index (χ0v) is 15.0. The average Bonchev–Trinajstić information content (AvgIpc) is 2.99. The predicted octanol–water partition coefficient (Wildman–Crippen LogP) is -0.472. The van der Waals surface area contributed by atoms with E-state index < -0.39 is 15.9 Å². The van der Waals surface area contributed by atoms with Crippen molar-refractivity contribution in [3.63, 3.8) is 0 Å². The SMILES string of the molecule is CC(NC(=O)[C@@]12CCCC[C@H]1CNC2)C(=O)N1CCS(=O)(=O)CC1. The molecule has 0 bridgehead atoms. The molecule has 1 saturated carbocycles. The fraction of sp³-hybridized carbons (Fsp3) is 0.875. The van der Waals surface area contributed by atoms with Gasteiger partial charge in [-0.3, -0.25) is 9.59 Å². The molecule has 0 aromatic carbocycles. The van der Waals surface area contributed by atoms with Gasteiger partial charge in [0.1, 0.15) is 6.04 Å². The molecule has 8 heteroatoms. The van der Waals surface area contributed by atoms with Crippen LogP contribution in [0, 0.1) is 11.3 Å². The first-order valence-corrected chi connectivity index (χ1v) is 10.7. The summed E-state index contributed by atoms with van der Waals surface area (Å²) in [6.07, 6.45) is 4.15. The highest BCUT2D eigenvalue weighted by atomic mass is 32.2. The third-order valence-corrected chi connectivity index (χ3v) is 7.47. The predicted molar refractivity (Wildman–Crippen MR) is 90.1 cm³/mol. The van der Waals surface area contributed by atoms with Crippen LogP contribution in [0.25, 0.3) is 0 Å². The highest BCUT2D eigenvalue weighted by Crippen LogP contribution is 2.43. The molecule has 2 heterocycles. The van der Waals surface area contributed by atoms with Crippen molar-refractivity contribution in [2.45, 2.75) is 38.6 Å². The zero-order valence-electron chi connectivity index (χ0n) is 14.2. The average molecular weight is 357 g/mol. The van der Waals surface area contributed by atoms with Crippen molar-refractivity contribution in [2.24, 2.45) is 11.3 Å². The van der Waals surface area contributed by atoms with Gasteiger partial charge in [0, 0.05) is 19.6 Å². The van der Waals surface area contributed by atoms with Crippen LogP contribution in [-0.4, -0.2) is 68.9 Å². The van der Waals surface area contributed by atoms with Gasteiger partial charge in [-0.25, -0.2) is 8.42 Å². The van der Waals surface area contributed by atoms with Crippen LogP contribution in [0.15, 0.2) is 0 Å². The molecule has 1 aliphatic carbocycles. The summed E-state index contributed by atoms with van der Waals surface area (Å²) in [7, 11) is -3.02. The van der Waals surface area contributed by atoms with Gasteiger partial charge >= 0.3 is 0 Å². The fourth-order valence-corrected chi connectivity index (χ4v) is 5.50. The lowest BCUT2D eigenvalue weighted by Gasteiger charge is -2.38. The molecule has 3 rings (SSSR count). The number of carbonyl (C=O) groups is 2. The van der Waals surface area contributed by atoms with Gasteiger partial charge < -0.3 is 15.5 Å². The Hall–Kier alpha value is -1.15. The molecule has 2 saturated heterocycles. The summed E-state index contributed by atoms with van der Waals surface area (Å²) in [4.78, 5) is 27.0. The molecule has 3 aliphatic rings. The smallest absolute Gasteiger partial charge is 0.244 e. The van der Waals surface area contributed by atoms with Gasteiger partial charge in [0.25, 0.3) is 0 Å². The van der Waals surface area contributed by atoms with E-state index in [4.69, 9.17) is 0 Å². The first-order valence-electron chi connectivity index (χ1n) is 8.85. The second-order valence-corrected chi connectivity index (χ2v) is 9.71. The molecule has 7 nitrogen and oxygen atoms in total. The van der Waals surface area contributed by atoms with Crippen molar-refractivity contribution in [2.75, 3.05) is 37.7 Å². The molecule has 1 unspecified atom stereocenters. The number of carbonyl (C=O) groups excluding carboxylic acids is 2. The molecule has 2 aliphatic heterocycles.